The molecule has 1 saturated heterocycles. The maximum atomic E-state index is 12.9. The van der Waals surface area contributed by atoms with Crippen LogP contribution in [0.3, 0.4) is 0 Å². The molecule has 0 N–H and O–H groups in total. The highest BCUT2D eigenvalue weighted by Gasteiger charge is 2.32. The summed E-state index contributed by atoms with van der Waals surface area (Å²) in [6, 6.07) is 9.01. The molecule has 0 unspecified atom stereocenters. The Kier molecular flexibility index (Phi) is 4.22. The smallest absolute Gasteiger partial charge is 0.243 e. The SMILES string of the molecule is Cc1ccccc1S(=O)(=O)N1CCC[C@H](c2ccncn2)C1. The molecule has 3 rings (SSSR count). The minimum atomic E-state index is -3.44. The van der Waals surface area contributed by atoms with Gasteiger partial charge in [0.1, 0.15) is 6.33 Å². The molecule has 1 aliphatic rings. The van der Waals surface area contributed by atoms with E-state index in [0.717, 1.165) is 24.1 Å². The van der Waals surface area contributed by atoms with Gasteiger partial charge in [0.15, 0.2) is 0 Å². The van der Waals surface area contributed by atoms with Gasteiger partial charge >= 0.3 is 0 Å². The first-order chi connectivity index (χ1) is 10.6. The van der Waals surface area contributed by atoms with Gasteiger partial charge in [0, 0.05) is 30.9 Å². The van der Waals surface area contributed by atoms with Crippen LogP contribution in [0.15, 0.2) is 47.8 Å². The Morgan fingerprint density at radius 3 is 2.77 bits per heavy atom. The Morgan fingerprint density at radius 1 is 1.23 bits per heavy atom. The molecule has 1 fully saturated rings. The predicted octanol–water partition coefficient (Wildman–Crippen LogP) is 2.35. The number of rotatable bonds is 3. The summed E-state index contributed by atoms with van der Waals surface area (Å²) in [6.07, 6.45) is 5.03. The van der Waals surface area contributed by atoms with Crippen LogP contribution in [0.2, 0.25) is 0 Å². The van der Waals surface area contributed by atoms with Crippen molar-refractivity contribution in [2.75, 3.05) is 13.1 Å². The molecular weight excluding hydrogens is 298 g/mol. The molecular formula is C16H19N3O2S. The lowest BCUT2D eigenvalue weighted by atomic mass is 9.96. The summed E-state index contributed by atoms with van der Waals surface area (Å²) in [5.74, 6) is 0.135. The normalized spacial score (nSPS) is 20.0. The molecule has 22 heavy (non-hydrogen) atoms. The summed E-state index contributed by atoms with van der Waals surface area (Å²) in [7, 11) is -3.44. The van der Waals surface area contributed by atoms with E-state index in [1.54, 1.807) is 22.6 Å². The summed E-state index contributed by atoms with van der Waals surface area (Å²) < 4.78 is 27.3. The lowest BCUT2D eigenvalue weighted by molar-refractivity contribution is 0.312. The quantitative estimate of drug-likeness (QED) is 0.872. The van der Waals surface area contributed by atoms with E-state index in [0.29, 0.717) is 18.0 Å². The van der Waals surface area contributed by atoms with Crippen LogP contribution in [0.5, 0.6) is 0 Å². The molecule has 1 aromatic heterocycles. The Bertz CT molecular complexity index is 747. The molecule has 0 bridgehead atoms. The van der Waals surface area contributed by atoms with Crippen LogP contribution in [0.1, 0.15) is 30.0 Å². The fraction of sp³-hybridized carbons (Fsp3) is 0.375. The van der Waals surface area contributed by atoms with Gasteiger partial charge in [-0.2, -0.15) is 4.31 Å². The molecule has 5 nitrogen and oxygen atoms in total. The molecule has 6 heteroatoms. The van der Waals surface area contributed by atoms with Crippen LogP contribution < -0.4 is 0 Å². The first-order valence-corrected chi connectivity index (χ1v) is 8.85. The van der Waals surface area contributed by atoms with E-state index in [4.69, 9.17) is 0 Å². The number of hydrogen-bond donors (Lipinski definition) is 0. The van der Waals surface area contributed by atoms with Crippen LogP contribution in [-0.2, 0) is 10.0 Å². The molecule has 0 amide bonds. The van der Waals surface area contributed by atoms with Crippen molar-refractivity contribution in [1.82, 2.24) is 14.3 Å². The fourth-order valence-electron chi connectivity index (χ4n) is 2.93. The molecule has 0 saturated carbocycles. The lowest BCUT2D eigenvalue weighted by Crippen LogP contribution is -2.39. The Morgan fingerprint density at radius 2 is 2.05 bits per heavy atom. The highest BCUT2D eigenvalue weighted by molar-refractivity contribution is 7.89. The maximum Gasteiger partial charge on any atom is 0.243 e. The number of aryl methyl sites for hydroxylation is 1. The summed E-state index contributed by atoms with van der Waals surface area (Å²) >= 11 is 0. The van der Waals surface area contributed by atoms with E-state index < -0.39 is 10.0 Å². The molecule has 0 radical (unpaired) electrons. The van der Waals surface area contributed by atoms with Gasteiger partial charge in [0.25, 0.3) is 0 Å². The van der Waals surface area contributed by atoms with Crippen molar-refractivity contribution in [3.8, 4) is 0 Å². The third-order valence-corrected chi connectivity index (χ3v) is 6.14. The van der Waals surface area contributed by atoms with Crippen molar-refractivity contribution < 1.29 is 8.42 Å². The molecule has 0 spiro atoms. The number of sulfonamides is 1. The zero-order chi connectivity index (χ0) is 15.6. The average molecular weight is 317 g/mol. The number of benzene rings is 1. The monoisotopic (exact) mass is 317 g/mol. The van der Waals surface area contributed by atoms with Gasteiger partial charge in [-0.25, -0.2) is 18.4 Å². The average Bonchev–Trinajstić information content (AvgIpc) is 2.56. The van der Waals surface area contributed by atoms with Crippen molar-refractivity contribution in [3.05, 3.63) is 54.1 Å². The van der Waals surface area contributed by atoms with Crippen molar-refractivity contribution in [3.63, 3.8) is 0 Å². The van der Waals surface area contributed by atoms with Crippen molar-refractivity contribution in [2.24, 2.45) is 0 Å². The zero-order valence-corrected chi connectivity index (χ0v) is 13.3. The number of piperidine rings is 1. The van der Waals surface area contributed by atoms with E-state index in [9.17, 15) is 8.42 Å². The third-order valence-electron chi connectivity index (χ3n) is 4.12. The molecule has 2 aromatic rings. The highest BCUT2D eigenvalue weighted by Crippen LogP contribution is 2.29. The van der Waals surface area contributed by atoms with Crippen molar-refractivity contribution in [2.45, 2.75) is 30.6 Å². The molecule has 1 aromatic carbocycles. The minimum absolute atomic E-state index is 0.135. The van der Waals surface area contributed by atoms with Crippen molar-refractivity contribution in [1.29, 1.82) is 0 Å². The van der Waals surface area contributed by atoms with E-state index in [-0.39, 0.29) is 5.92 Å². The fourth-order valence-corrected chi connectivity index (χ4v) is 4.68. The van der Waals surface area contributed by atoms with E-state index in [2.05, 4.69) is 9.97 Å². The van der Waals surface area contributed by atoms with Gasteiger partial charge in [-0.1, -0.05) is 18.2 Å². The molecule has 1 aliphatic heterocycles. The Hall–Kier alpha value is -1.79. The van der Waals surface area contributed by atoms with Crippen LogP contribution in [-0.4, -0.2) is 35.8 Å². The minimum Gasteiger partial charge on any atom is -0.245 e. The molecule has 2 heterocycles. The van der Waals surface area contributed by atoms with E-state index >= 15 is 0 Å². The predicted molar refractivity (Wildman–Crippen MR) is 83.9 cm³/mol. The highest BCUT2D eigenvalue weighted by atomic mass is 32.2. The molecule has 0 aliphatic carbocycles. The Balaban J connectivity index is 1.87. The second-order valence-electron chi connectivity index (χ2n) is 5.60. The first kappa shape index (κ1) is 15.1. The van der Waals surface area contributed by atoms with Crippen LogP contribution in [0, 0.1) is 6.92 Å². The lowest BCUT2D eigenvalue weighted by Gasteiger charge is -2.31. The zero-order valence-electron chi connectivity index (χ0n) is 12.5. The van der Waals surface area contributed by atoms with Crippen LogP contribution in [0.25, 0.3) is 0 Å². The number of aromatic nitrogens is 2. The van der Waals surface area contributed by atoms with Crippen molar-refractivity contribution >= 4 is 10.0 Å². The van der Waals surface area contributed by atoms with E-state index in [1.807, 2.05) is 25.1 Å². The molecule has 1 atom stereocenters. The number of nitrogens with zero attached hydrogens (tertiary/aromatic N) is 3. The van der Waals surface area contributed by atoms with Gasteiger partial charge in [-0.3, -0.25) is 0 Å². The Labute approximate surface area is 131 Å². The van der Waals surface area contributed by atoms with Gasteiger partial charge in [-0.05, 0) is 37.5 Å². The third kappa shape index (κ3) is 2.89. The van der Waals surface area contributed by atoms with E-state index in [1.165, 1.54) is 6.33 Å². The topological polar surface area (TPSA) is 63.2 Å². The second-order valence-corrected chi connectivity index (χ2v) is 7.51. The van der Waals surface area contributed by atoms with Crippen LogP contribution in [0.4, 0.5) is 0 Å². The van der Waals surface area contributed by atoms with Gasteiger partial charge in [0.2, 0.25) is 10.0 Å². The standard InChI is InChI=1S/C16H19N3O2S/c1-13-5-2-3-7-16(13)22(20,21)19-10-4-6-14(11-19)15-8-9-17-12-18-15/h2-3,5,7-9,12,14H,4,6,10-11H2,1H3/t14-/m0/s1. The first-order valence-electron chi connectivity index (χ1n) is 7.41. The van der Waals surface area contributed by atoms with Gasteiger partial charge < -0.3 is 0 Å². The summed E-state index contributed by atoms with van der Waals surface area (Å²) in [5.41, 5.74) is 1.70. The maximum absolute atomic E-state index is 12.9. The van der Waals surface area contributed by atoms with Gasteiger partial charge in [0.05, 0.1) is 4.90 Å². The number of hydrogen-bond acceptors (Lipinski definition) is 4. The van der Waals surface area contributed by atoms with Gasteiger partial charge in [-0.15, -0.1) is 0 Å². The summed E-state index contributed by atoms with van der Waals surface area (Å²) in [5, 5.41) is 0. The van der Waals surface area contributed by atoms with Crippen LogP contribution >= 0.6 is 0 Å². The second kappa shape index (κ2) is 6.14. The summed E-state index contributed by atoms with van der Waals surface area (Å²) in [6.45, 7) is 2.88. The molecule has 116 valence electrons. The largest absolute Gasteiger partial charge is 0.245 e. The summed E-state index contributed by atoms with van der Waals surface area (Å²) in [4.78, 5) is 8.60.